The predicted octanol–water partition coefficient (Wildman–Crippen LogP) is 4.36. The molecule has 0 aliphatic rings. The zero-order chi connectivity index (χ0) is 15.0. The highest BCUT2D eigenvalue weighted by Gasteiger charge is 2.11. The second-order valence-electron chi connectivity index (χ2n) is 4.74. The summed E-state index contributed by atoms with van der Waals surface area (Å²) in [6.07, 6.45) is 0.511. The van der Waals surface area contributed by atoms with E-state index in [9.17, 15) is 13.2 Å². The number of aryl methyl sites for hydroxylation is 2. The van der Waals surface area contributed by atoms with Gasteiger partial charge in [-0.15, -0.1) is 0 Å². The minimum Gasteiger partial charge on any atom is -0.328 e. The lowest BCUT2D eigenvalue weighted by atomic mass is 10.1. The molecule has 0 spiro atoms. The number of nitrogens with one attached hydrogen (secondary N) is 1. The summed E-state index contributed by atoms with van der Waals surface area (Å²) >= 11 is 5.14. The molecule has 0 unspecified atom stereocenters. The van der Waals surface area contributed by atoms with E-state index < -0.39 is 11.6 Å². The van der Waals surface area contributed by atoms with Crippen molar-refractivity contribution in [2.24, 2.45) is 0 Å². The Morgan fingerprint density at radius 1 is 1.05 bits per heavy atom. The van der Waals surface area contributed by atoms with E-state index in [0.717, 1.165) is 11.6 Å². The maximum atomic E-state index is 13.7. The van der Waals surface area contributed by atoms with Crippen LogP contribution in [0.15, 0.2) is 36.4 Å². The highest BCUT2D eigenvalue weighted by atomic mass is 32.1. The first-order valence-electron chi connectivity index (χ1n) is 6.36. The molecule has 6 heteroatoms. The Balaban J connectivity index is 1.97. The monoisotopic (exact) mass is 308 g/mol. The number of H-pyrrole nitrogens is 1. The Bertz CT molecular complexity index is 867. The molecule has 0 aliphatic heterocycles. The van der Waals surface area contributed by atoms with Crippen LogP contribution in [0.4, 0.5) is 13.2 Å². The van der Waals surface area contributed by atoms with Gasteiger partial charge in [0.1, 0.15) is 17.2 Å². The van der Waals surface area contributed by atoms with Crippen molar-refractivity contribution in [2.45, 2.75) is 13.0 Å². The first-order chi connectivity index (χ1) is 10.0. The third-order valence-corrected chi connectivity index (χ3v) is 3.64. The molecular formula is C15H11F3N2S. The van der Waals surface area contributed by atoms with Gasteiger partial charge in [0.05, 0.1) is 5.52 Å². The maximum Gasteiger partial charge on any atom is 0.178 e. The molecule has 21 heavy (non-hydrogen) atoms. The Kier molecular flexibility index (Phi) is 3.55. The van der Waals surface area contributed by atoms with E-state index in [0.29, 0.717) is 23.3 Å². The summed E-state index contributed by atoms with van der Waals surface area (Å²) in [5.41, 5.74) is 1.35. The van der Waals surface area contributed by atoms with Gasteiger partial charge >= 0.3 is 0 Å². The SMILES string of the molecule is Fc1cccc(CCn2c(=S)[nH]c3c(F)cc(F)cc32)c1. The lowest BCUT2D eigenvalue weighted by molar-refractivity contribution is 0.589. The number of hydrogen-bond donors (Lipinski definition) is 1. The normalized spacial score (nSPS) is 11.2. The number of rotatable bonds is 3. The van der Waals surface area contributed by atoms with Crippen molar-refractivity contribution in [1.29, 1.82) is 0 Å². The number of aromatic nitrogens is 2. The van der Waals surface area contributed by atoms with Crippen LogP contribution in [0.2, 0.25) is 0 Å². The summed E-state index contributed by atoms with van der Waals surface area (Å²) in [6, 6.07) is 8.26. The number of aromatic amines is 1. The molecule has 1 N–H and O–H groups in total. The molecule has 1 heterocycles. The molecule has 0 atom stereocenters. The maximum absolute atomic E-state index is 13.7. The molecule has 0 aliphatic carbocycles. The lowest BCUT2D eigenvalue weighted by Gasteiger charge is -2.05. The van der Waals surface area contributed by atoms with Crippen LogP contribution in [0.25, 0.3) is 11.0 Å². The smallest absolute Gasteiger partial charge is 0.178 e. The third kappa shape index (κ3) is 2.71. The van der Waals surface area contributed by atoms with Crippen molar-refractivity contribution in [1.82, 2.24) is 9.55 Å². The molecule has 0 saturated carbocycles. The van der Waals surface area contributed by atoms with Gasteiger partial charge in [0.25, 0.3) is 0 Å². The Morgan fingerprint density at radius 3 is 2.62 bits per heavy atom. The Labute approximate surface area is 123 Å². The quantitative estimate of drug-likeness (QED) is 0.713. The Morgan fingerprint density at radius 2 is 1.86 bits per heavy atom. The standard InChI is InChI=1S/C15H11F3N2S/c16-10-3-1-2-9(6-10)4-5-20-13-8-11(17)7-12(18)14(13)19-15(20)21/h1-3,6-8H,4-5H2,(H,19,21). The summed E-state index contributed by atoms with van der Waals surface area (Å²) in [6.45, 7) is 0.408. The van der Waals surface area contributed by atoms with Crippen molar-refractivity contribution in [3.8, 4) is 0 Å². The highest BCUT2D eigenvalue weighted by molar-refractivity contribution is 7.71. The number of halogens is 3. The number of benzene rings is 2. The second kappa shape index (κ2) is 5.37. The van der Waals surface area contributed by atoms with E-state index >= 15 is 0 Å². The largest absolute Gasteiger partial charge is 0.328 e. The summed E-state index contributed by atoms with van der Waals surface area (Å²) in [5, 5.41) is 0. The third-order valence-electron chi connectivity index (χ3n) is 3.32. The molecule has 3 rings (SSSR count). The molecule has 108 valence electrons. The van der Waals surface area contributed by atoms with Crippen LogP contribution in [-0.2, 0) is 13.0 Å². The van der Waals surface area contributed by atoms with Crippen LogP contribution in [-0.4, -0.2) is 9.55 Å². The van der Waals surface area contributed by atoms with Crippen molar-refractivity contribution in [3.63, 3.8) is 0 Å². The number of nitrogens with zero attached hydrogens (tertiary/aromatic N) is 1. The average Bonchev–Trinajstić information content (AvgIpc) is 2.73. The van der Waals surface area contributed by atoms with Crippen LogP contribution < -0.4 is 0 Å². The first kappa shape index (κ1) is 13.9. The van der Waals surface area contributed by atoms with Crippen LogP contribution in [0.1, 0.15) is 5.56 Å². The average molecular weight is 308 g/mol. The fourth-order valence-electron chi connectivity index (χ4n) is 2.34. The van der Waals surface area contributed by atoms with Gasteiger partial charge in [-0.1, -0.05) is 12.1 Å². The molecule has 0 bridgehead atoms. The minimum atomic E-state index is -0.680. The summed E-state index contributed by atoms with van der Waals surface area (Å²) in [7, 11) is 0. The van der Waals surface area contributed by atoms with Crippen LogP contribution in [0, 0.1) is 22.2 Å². The van der Waals surface area contributed by atoms with Crippen LogP contribution in [0.3, 0.4) is 0 Å². The lowest BCUT2D eigenvalue weighted by Crippen LogP contribution is -2.02. The molecule has 0 amide bonds. The van der Waals surface area contributed by atoms with Crippen LogP contribution >= 0.6 is 12.2 Å². The topological polar surface area (TPSA) is 20.7 Å². The molecule has 0 radical (unpaired) electrons. The van der Waals surface area contributed by atoms with Gasteiger partial charge in [0, 0.05) is 12.6 Å². The second-order valence-corrected chi connectivity index (χ2v) is 5.13. The molecule has 2 aromatic carbocycles. The van der Waals surface area contributed by atoms with Gasteiger partial charge in [-0.05, 0) is 42.4 Å². The highest BCUT2D eigenvalue weighted by Crippen LogP contribution is 2.20. The number of fused-ring (bicyclic) bond motifs is 1. The van der Waals surface area contributed by atoms with Gasteiger partial charge in [0.15, 0.2) is 10.6 Å². The molecule has 1 aromatic heterocycles. The number of hydrogen-bond acceptors (Lipinski definition) is 1. The van der Waals surface area contributed by atoms with E-state index in [1.165, 1.54) is 18.2 Å². The van der Waals surface area contributed by atoms with E-state index in [4.69, 9.17) is 12.2 Å². The van der Waals surface area contributed by atoms with E-state index in [1.54, 1.807) is 16.7 Å². The van der Waals surface area contributed by atoms with E-state index in [-0.39, 0.29) is 11.3 Å². The molecular weight excluding hydrogens is 297 g/mol. The minimum absolute atomic E-state index is 0.181. The van der Waals surface area contributed by atoms with Crippen molar-refractivity contribution < 1.29 is 13.2 Å². The molecule has 0 saturated heterocycles. The van der Waals surface area contributed by atoms with Crippen molar-refractivity contribution in [3.05, 3.63) is 64.2 Å². The summed E-state index contributed by atoms with van der Waals surface area (Å²) in [5.74, 6) is -1.65. The number of imidazole rings is 1. The van der Waals surface area contributed by atoms with Gasteiger partial charge in [-0.25, -0.2) is 13.2 Å². The first-order valence-corrected chi connectivity index (χ1v) is 6.77. The van der Waals surface area contributed by atoms with E-state index in [1.807, 2.05) is 0 Å². The van der Waals surface area contributed by atoms with Gasteiger partial charge in [-0.3, -0.25) is 0 Å². The zero-order valence-electron chi connectivity index (χ0n) is 10.9. The zero-order valence-corrected chi connectivity index (χ0v) is 11.7. The van der Waals surface area contributed by atoms with E-state index in [2.05, 4.69) is 4.98 Å². The Hall–Kier alpha value is -2.08. The van der Waals surface area contributed by atoms with Crippen LogP contribution in [0.5, 0.6) is 0 Å². The molecule has 3 aromatic rings. The van der Waals surface area contributed by atoms with Gasteiger partial charge < -0.3 is 9.55 Å². The van der Waals surface area contributed by atoms with Gasteiger partial charge in [-0.2, -0.15) is 0 Å². The predicted molar refractivity (Wildman–Crippen MR) is 77.1 cm³/mol. The summed E-state index contributed by atoms with van der Waals surface area (Å²) < 4.78 is 42.1. The van der Waals surface area contributed by atoms with Gasteiger partial charge in [0.2, 0.25) is 0 Å². The summed E-state index contributed by atoms with van der Waals surface area (Å²) in [4.78, 5) is 2.73. The molecule has 2 nitrogen and oxygen atoms in total. The molecule has 0 fully saturated rings. The fourth-order valence-corrected chi connectivity index (χ4v) is 2.63. The van der Waals surface area contributed by atoms with Crippen molar-refractivity contribution in [2.75, 3.05) is 0 Å². The van der Waals surface area contributed by atoms with Crippen molar-refractivity contribution >= 4 is 23.3 Å². The fraction of sp³-hybridized carbons (Fsp3) is 0.133.